The van der Waals surface area contributed by atoms with Crippen LogP contribution in [-0.2, 0) is 6.61 Å². The summed E-state index contributed by atoms with van der Waals surface area (Å²) in [4.78, 5) is 12.7. The minimum Gasteiger partial charge on any atom is -0.495 e. The van der Waals surface area contributed by atoms with Crippen LogP contribution in [0.2, 0.25) is 0 Å². The summed E-state index contributed by atoms with van der Waals surface area (Å²) >= 11 is 0. The molecule has 0 bridgehead atoms. The Bertz CT molecular complexity index is 1300. The third-order valence-corrected chi connectivity index (χ3v) is 5.00. The minimum absolute atomic E-state index is 0.150. The normalized spacial score (nSPS) is 10.4. The number of benzene rings is 4. The van der Waals surface area contributed by atoms with E-state index in [-0.39, 0.29) is 5.69 Å². The number of hydrogen-bond acceptors (Lipinski definition) is 4. The van der Waals surface area contributed by atoms with Crippen molar-refractivity contribution >= 4 is 23.0 Å². The molecule has 2 N–H and O–H groups in total. The van der Waals surface area contributed by atoms with Gasteiger partial charge < -0.3 is 20.1 Å². The van der Waals surface area contributed by atoms with E-state index in [4.69, 9.17) is 9.47 Å². The molecule has 0 saturated heterocycles. The highest BCUT2D eigenvalue weighted by molar-refractivity contribution is 6.05. The lowest BCUT2D eigenvalue weighted by Gasteiger charge is -2.14. The standard InChI is InChI=1S/C27H22F2N2O3/c1-33-26-13-10-19(27(32)31-21-11-12-23(28)24(29)16-21)14-25(26)30-20-8-5-9-22(15-20)34-17-18-6-3-2-4-7-18/h2-16,30H,17H2,1H3,(H,31,32). The van der Waals surface area contributed by atoms with E-state index in [0.717, 1.165) is 23.4 Å². The van der Waals surface area contributed by atoms with Crippen molar-refractivity contribution in [1.82, 2.24) is 0 Å². The predicted molar refractivity (Wildman–Crippen MR) is 128 cm³/mol. The van der Waals surface area contributed by atoms with Crippen molar-refractivity contribution in [2.75, 3.05) is 17.7 Å². The minimum atomic E-state index is -1.04. The van der Waals surface area contributed by atoms with Crippen molar-refractivity contribution in [2.45, 2.75) is 6.61 Å². The van der Waals surface area contributed by atoms with Gasteiger partial charge in [-0.05, 0) is 48.0 Å². The average Bonchev–Trinajstić information content (AvgIpc) is 2.86. The zero-order chi connectivity index (χ0) is 23.9. The van der Waals surface area contributed by atoms with E-state index in [1.165, 1.54) is 13.2 Å². The lowest BCUT2D eigenvalue weighted by molar-refractivity contribution is 0.102. The molecule has 0 spiro atoms. The summed E-state index contributed by atoms with van der Waals surface area (Å²) in [7, 11) is 1.53. The summed E-state index contributed by atoms with van der Waals surface area (Å²) in [5.74, 6) is -1.29. The second-order valence-electron chi connectivity index (χ2n) is 7.43. The Morgan fingerprint density at radius 1 is 0.824 bits per heavy atom. The number of carbonyl (C=O) groups is 1. The van der Waals surface area contributed by atoms with Gasteiger partial charge in [0.2, 0.25) is 0 Å². The van der Waals surface area contributed by atoms with E-state index in [0.29, 0.717) is 29.4 Å². The zero-order valence-corrected chi connectivity index (χ0v) is 18.3. The van der Waals surface area contributed by atoms with E-state index in [1.807, 2.05) is 54.6 Å². The Balaban J connectivity index is 1.49. The average molecular weight is 460 g/mol. The molecule has 0 unspecified atom stereocenters. The monoisotopic (exact) mass is 460 g/mol. The molecule has 0 heterocycles. The fraction of sp³-hybridized carbons (Fsp3) is 0.0741. The summed E-state index contributed by atoms with van der Waals surface area (Å²) in [6, 6.07) is 25.3. The second kappa shape index (κ2) is 10.5. The molecule has 0 atom stereocenters. The van der Waals surface area contributed by atoms with Gasteiger partial charge in [-0.3, -0.25) is 4.79 Å². The third kappa shape index (κ3) is 5.69. The molecule has 34 heavy (non-hydrogen) atoms. The summed E-state index contributed by atoms with van der Waals surface area (Å²) in [6.07, 6.45) is 0. The molecule has 4 aromatic carbocycles. The first-order valence-electron chi connectivity index (χ1n) is 10.5. The highest BCUT2D eigenvalue weighted by Gasteiger charge is 2.13. The maximum atomic E-state index is 13.5. The Labute approximate surface area is 196 Å². The van der Waals surface area contributed by atoms with Crippen molar-refractivity contribution in [1.29, 1.82) is 0 Å². The van der Waals surface area contributed by atoms with E-state index in [1.54, 1.807) is 18.2 Å². The molecule has 0 radical (unpaired) electrons. The molecule has 1 amide bonds. The fourth-order valence-corrected chi connectivity index (χ4v) is 3.28. The molecule has 4 rings (SSSR count). The summed E-state index contributed by atoms with van der Waals surface area (Å²) in [5, 5.41) is 5.81. The van der Waals surface area contributed by atoms with Crippen LogP contribution in [0.3, 0.4) is 0 Å². The van der Waals surface area contributed by atoms with Crippen molar-refractivity contribution < 1.29 is 23.0 Å². The largest absolute Gasteiger partial charge is 0.495 e. The van der Waals surface area contributed by atoms with Crippen LogP contribution in [0.5, 0.6) is 11.5 Å². The maximum absolute atomic E-state index is 13.5. The smallest absolute Gasteiger partial charge is 0.255 e. The van der Waals surface area contributed by atoms with Crippen molar-refractivity contribution in [3.8, 4) is 11.5 Å². The molecule has 0 fully saturated rings. The highest BCUT2D eigenvalue weighted by atomic mass is 19.2. The summed E-state index contributed by atoms with van der Waals surface area (Å²) < 4.78 is 37.9. The topological polar surface area (TPSA) is 59.6 Å². The number of amides is 1. The molecular weight excluding hydrogens is 438 g/mol. The first kappa shape index (κ1) is 22.8. The van der Waals surface area contributed by atoms with Gasteiger partial charge in [0, 0.05) is 29.1 Å². The van der Waals surface area contributed by atoms with E-state index >= 15 is 0 Å². The van der Waals surface area contributed by atoms with Gasteiger partial charge in [0.25, 0.3) is 5.91 Å². The molecule has 0 aliphatic rings. The number of nitrogens with one attached hydrogen (secondary N) is 2. The van der Waals surface area contributed by atoms with Crippen LogP contribution in [0.15, 0.2) is 91.0 Å². The van der Waals surface area contributed by atoms with Gasteiger partial charge in [0.1, 0.15) is 18.1 Å². The second-order valence-corrected chi connectivity index (χ2v) is 7.43. The van der Waals surface area contributed by atoms with Gasteiger partial charge in [0.15, 0.2) is 11.6 Å². The van der Waals surface area contributed by atoms with Crippen LogP contribution >= 0.6 is 0 Å². The quantitative estimate of drug-likeness (QED) is 0.313. The first-order chi connectivity index (χ1) is 16.5. The molecule has 7 heteroatoms. The lowest BCUT2D eigenvalue weighted by atomic mass is 10.1. The van der Waals surface area contributed by atoms with Crippen LogP contribution in [-0.4, -0.2) is 13.0 Å². The summed E-state index contributed by atoms with van der Waals surface area (Å²) in [6.45, 7) is 0.438. The van der Waals surface area contributed by atoms with Crippen LogP contribution in [0.1, 0.15) is 15.9 Å². The number of ether oxygens (including phenoxy) is 2. The van der Waals surface area contributed by atoms with Crippen LogP contribution in [0.25, 0.3) is 0 Å². The highest BCUT2D eigenvalue weighted by Crippen LogP contribution is 2.30. The van der Waals surface area contributed by atoms with Crippen molar-refractivity contribution in [3.05, 3.63) is 114 Å². The first-order valence-corrected chi connectivity index (χ1v) is 10.5. The van der Waals surface area contributed by atoms with Crippen LogP contribution < -0.4 is 20.1 Å². The molecule has 0 aliphatic carbocycles. The Kier molecular flexibility index (Phi) is 7.03. The van der Waals surface area contributed by atoms with E-state index in [9.17, 15) is 13.6 Å². The van der Waals surface area contributed by atoms with E-state index in [2.05, 4.69) is 10.6 Å². The fourth-order valence-electron chi connectivity index (χ4n) is 3.28. The number of rotatable bonds is 8. The third-order valence-electron chi connectivity index (χ3n) is 5.00. The number of anilines is 3. The van der Waals surface area contributed by atoms with Gasteiger partial charge in [-0.15, -0.1) is 0 Å². The Morgan fingerprint density at radius 2 is 1.65 bits per heavy atom. The number of carbonyl (C=O) groups excluding carboxylic acids is 1. The summed E-state index contributed by atoms with van der Waals surface area (Å²) in [5.41, 5.74) is 2.81. The van der Waals surface area contributed by atoms with Crippen LogP contribution in [0.4, 0.5) is 25.8 Å². The van der Waals surface area contributed by atoms with Crippen molar-refractivity contribution in [2.24, 2.45) is 0 Å². The molecular formula is C27H22F2N2O3. The van der Waals surface area contributed by atoms with Gasteiger partial charge in [-0.1, -0.05) is 36.4 Å². The molecule has 0 aromatic heterocycles. The SMILES string of the molecule is COc1ccc(C(=O)Nc2ccc(F)c(F)c2)cc1Nc1cccc(OCc2ccccc2)c1. The van der Waals surface area contributed by atoms with Gasteiger partial charge in [0.05, 0.1) is 12.8 Å². The Morgan fingerprint density at radius 3 is 2.41 bits per heavy atom. The molecule has 172 valence electrons. The maximum Gasteiger partial charge on any atom is 0.255 e. The predicted octanol–water partition coefficient (Wildman–Crippen LogP) is 6.55. The number of methoxy groups -OCH3 is 1. The molecule has 0 aliphatic heterocycles. The number of halogens is 2. The number of hydrogen-bond donors (Lipinski definition) is 2. The van der Waals surface area contributed by atoms with Crippen molar-refractivity contribution in [3.63, 3.8) is 0 Å². The van der Waals surface area contributed by atoms with E-state index < -0.39 is 17.5 Å². The van der Waals surface area contributed by atoms with Crippen LogP contribution in [0, 0.1) is 11.6 Å². The molecule has 0 saturated carbocycles. The van der Waals surface area contributed by atoms with Gasteiger partial charge >= 0.3 is 0 Å². The molecule has 4 aromatic rings. The lowest BCUT2D eigenvalue weighted by Crippen LogP contribution is -2.12. The van der Waals surface area contributed by atoms with Gasteiger partial charge in [-0.2, -0.15) is 0 Å². The molecule has 5 nitrogen and oxygen atoms in total. The van der Waals surface area contributed by atoms with Gasteiger partial charge in [-0.25, -0.2) is 8.78 Å². The zero-order valence-electron chi connectivity index (χ0n) is 18.3. The Hall–Kier alpha value is -4.39.